The quantitative estimate of drug-likeness (QED) is 0.755. The molecule has 0 saturated heterocycles. The summed E-state index contributed by atoms with van der Waals surface area (Å²) in [7, 11) is 0. The molecule has 0 bridgehead atoms. The monoisotopic (exact) mass is 267 g/mol. The van der Waals surface area contributed by atoms with Crippen molar-refractivity contribution < 1.29 is 0 Å². The topological polar surface area (TPSA) is 12.9 Å². The Kier molecular flexibility index (Phi) is 2.70. The molecule has 0 aliphatic carbocycles. The van der Waals surface area contributed by atoms with Crippen molar-refractivity contribution >= 4 is 27.3 Å². The molecule has 1 heterocycles. The molecule has 1 aromatic carbocycles. The van der Waals surface area contributed by atoms with E-state index in [1.807, 2.05) is 19.1 Å². The summed E-state index contributed by atoms with van der Waals surface area (Å²) in [6.07, 6.45) is 0. The van der Waals surface area contributed by atoms with Gasteiger partial charge in [0.25, 0.3) is 0 Å². The van der Waals surface area contributed by atoms with Gasteiger partial charge in [-0.1, -0.05) is 24.3 Å². The molecule has 0 unspecified atom stereocenters. The van der Waals surface area contributed by atoms with Crippen LogP contribution < -0.4 is 0 Å². The van der Waals surface area contributed by atoms with Gasteiger partial charge in [0, 0.05) is 5.56 Å². The molecule has 0 aliphatic rings. The zero-order chi connectivity index (χ0) is 10.1. The van der Waals surface area contributed by atoms with Crippen LogP contribution in [0.3, 0.4) is 0 Å². The molecular weight excluding hydrogens is 258 g/mol. The van der Waals surface area contributed by atoms with E-state index in [-0.39, 0.29) is 0 Å². The minimum Gasteiger partial charge on any atom is -0.240 e. The number of hydrogen-bond acceptors (Lipinski definition) is 2. The molecule has 0 fully saturated rings. The molecule has 3 heteroatoms. The van der Waals surface area contributed by atoms with Gasteiger partial charge >= 0.3 is 0 Å². The van der Waals surface area contributed by atoms with Gasteiger partial charge in [-0.3, -0.25) is 0 Å². The van der Waals surface area contributed by atoms with Crippen LogP contribution in [0.25, 0.3) is 10.6 Å². The van der Waals surface area contributed by atoms with E-state index < -0.39 is 0 Å². The van der Waals surface area contributed by atoms with Crippen molar-refractivity contribution in [2.75, 3.05) is 0 Å². The number of aromatic nitrogens is 1. The molecule has 72 valence electrons. The maximum atomic E-state index is 4.51. The number of aryl methyl sites for hydroxylation is 2. The molecule has 0 amide bonds. The number of hydrogen-bond donors (Lipinski definition) is 0. The molecule has 0 radical (unpaired) electrons. The van der Waals surface area contributed by atoms with E-state index in [1.165, 1.54) is 11.1 Å². The Bertz CT molecular complexity index is 443. The van der Waals surface area contributed by atoms with Crippen molar-refractivity contribution in [3.63, 3.8) is 0 Å². The standard InChI is InChI=1S/C11H10BrNS/c1-7-5-3-4-6-9(7)11-13-8(2)10(12)14-11/h3-6H,1-2H3. The summed E-state index contributed by atoms with van der Waals surface area (Å²) >= 11 is 5.18. The molecule has 2 aromatic rings. The number of rotatable bonds is 1. The van der Waals surface area contributed by atoms with E-state index in [9.17, 15) is 0 Å². The zero-order valence-corrected chi connectivity index (χ0v) is 10.4. The molecule has 1 nitrogen and oxygen atoms in total. The number of nitrogens with zero attached hydrogens (tertiary/aromatic N) is 1. The van der Waals surface area contributed by atoms with Crippen LogP contribution in [-0.2, 0) is 0 Å². The molecule has 0 aliphatic heterocycles. The fourth-order valence-electron chi connectivity index (χ4n) is 1.31. The first-order valence-corrected chi connectivity index (χ1v) is 5.98. The van der Waals surface area contributed by atoms with E-state index in [0.29, 0.717) is 0 Å². The van der Waals surface area contributed by atoms with Gasteiger partial charge in [0.05, 0.1) is 9.48 Å². The Morgan fingerprint density at radius 1 is 1.21 bits per heavy atom. The summed E-state index contributed by atoms with van der Waals surface area (Å²) in [4.78, 5) is 4.51. The highest BCUT2D eigenvalue weighted by atomic mass is 79.9. The maximum absolute atomic E-state index is 4.51. The lowest BCUT2D eigenvalue weighted by molar-refractivity contribution is 1.25. The van der Waals surface area contributed by atoms with Gasteiger partial charge in [0.15, 0.2) is 0 Å². The van der Waals surface area contributed by atoms with Crippen molar-refractivity contribution in [2.45, 2.75) is 13.8 Å². The molecule has 0 atom stereocenters. The van der Waals surface area contributed by atoms with Crippen LogP contribution in [0.4, 0.5) is 0 Å². The van der Waals surface area contributed by atoms with Crippen molar-refractivity contribution in [2.24, 2.45) is 0 Å². The largest absolute Gasteiger partial charge is 0.240 e. The number of benzene rings is 1. The Morgan fingerprint density at radius 3 is 2.50 bits per heavy atom. The smallest absolute Gasteiger partial charge is 0.124 e. The van der Waals surface area contributed by atoms with Crippen molar-refractivity contribution in [3.05, 3.63) is 39.3 Å². The Labute approximate surface area is 95.9 Å². The third kappa shape index (κ3) is 1.74. The van der Waals surface area contributed by atoms with Crippen molar-refractivity contribution in [1.82, 2.24) is 4.98 Å². The van der Waals surface area contributed by atoms with Crippen LogP contribution in [0, 0.1) is 13.8 Å². The molecular formula is C11H10BrNS. The van der Waals surface area contributed by atoms with Crippen LogP contribution in [0.15, 0.2) is 28.1 Å². The first kappa shape index (κ1) is 9.87. The van der Waals surface area contributed by atoms with Crippen LogP contribution in [-0.4, -0.2) is 4.98 Å². The third-order valence-electron chi connectivity index (χ3n) is 2.12. The van der Waals surface area contributed by atoms with Crippen LogP contribution in [0.1, 0.15) is 11.3 Å². The van der Waals surface area contributed by atoms with Gasteiger partial charge in [-0.15, -0.1) is 11.3 Å². The van der Waals surface area contributed by atoms with Gasteiger partial charge in [0.1, 0.15) is 5.01 Å². The molecule has 1 aromatic heterocycles. The third-order valence-corrected chi connectivity index (χ3v) is 4.15. The van der Waals surface area contributed by atoms with Gasteiger partial charge in [-0.25, -0.2) is 4.98 Å². The second kappa shape index (κ2) is 3.83. The highest BCUT2D eigenvalue weighted by Gasteiger charge is 2.08. The molecule has 0 N–H and O–H groups in total. The average Bonchev–Trinajstić information content (AvgIpc) is 2.48. The molecule has 14 heavy (non-hydrogen) atoms. The summed E-state index contributed by atoms with van der Waals surface area (Å²) < 4.78 is 1.12. The summed E-state index contributed by atoms with van der Waals surface area (Å²) in [6, 6.07) is 8.32. The average molecular weight is 268 g/mol. The van der Waals surface area contributed by atoms with E-state index >= 15 is 0 Å². The Balaban J connectivity index is 2.55. The first-order chi connectivity index (χ1) is 6.68. The second-order valence-electron chi connectivity index (χ2n) is 3.19. The lowest BCUT2D eigenvalue weighted by Gasteiger charge is -1.99. The molecule has 2 rings (SSSR count). The van der Waals surface area contributed by atoms with E-state index in [4.69, 9.17) is 0 Å². The predicted octanol–water partition coefficient (Wildman–Crippen LogP) is 4.19. The lowest BCUT2D eigenvalue weighted by Crippen LogP contribution is -1.81. The highest BCUT2D eigenvalue weighted by molar-refractivity contribution is 9.11. The number of thiazole rings is 1. The second-order valence-corrected chi connectivity index (χ2v) is 5.51. The van der Waals surface area contributed by atoms with Gasteiger partial charge in [-0.05, 0) is 35.3 Å². The van der Waals surface area contributed by atoms with Gasteiger partial charge < -0.3 is 0 Å². The van der Waals surface area contributed by atoms with Crippen molar-refractivity contribution in [3.8, 4) is 10.6 Å². The minimum absolute atomic E-state index is 1.06. The Morgan fingerprint density at radius 2 is 1.93 bits per heavy atom. The number of halogens is 1. The SMILES string of the molecule is Cc1ccccc1-c1nc(C)c(Br)s1. The van der Waals surface area contributed by atoms with Crippen LogP contribution in [0.2, 0.25) is 0 Å². The summed E-state index contributed by atoms with van der Waals surface area (Å²) in [5.74, 6) is 0. The lowest BCUT2D eigenvalue weighted by atomic mass is 10.1. The maximum Gasteiger partial charge on any atom is 0.124 e. The van der Waals surface area contributed by atoms with Gasteiger partial charge in [0.2, 0.25) is 0 Å². The van der Waals surface area contributed by atoms with E-state index in [0.717, 1.165) is 14.5 Å². The summed E-state index contributed by atoms with van der Waals surface area (Å²) in [5.41, 5.74) is 3.56. The summed E-state index contributed by atoms with van der Waals surface area (Å²) in [6.45, 7) is 4.13. The zero-order valence-electron chi connectivity index (χ0n) is 8.04. The van der Waals surface area contributed by atoms with Crippen molar-refractivity contribution in [1.29, 1.82) is 0 Å². The predicted molar refractivity (Wildman–Crippen MR) is 64.7 cm³/mol. The van der Waals surface area contributed by atoms with Gasteiger partial charge in [-0.2, -0.15) is 0 Å². The molecule has 0 saturated carbocycles. The normalized spacial score (nSPS) is 10.5. The van der Waals surface area contributed by atoms with Crippen LogP contribution >= 0.6 is 27.3 Å². The van der Waals surface area contributed by atoms with E-state index in [1.54, 1.807) is 11.3 Å². The first-order valence-electron chi connectivity index (χ1n) is 4.37. The fraction of sp³-hybridized carbons (Fsp3) is 0.182. The fourth-order valence-corrected chi connectivity index (χ4v) is 2.74. The highest BCUT2D eigenvalue weighted by Crippen LogP contribution is 2.32. The minimum atomic E-state index is 1.06. The van der Waals surface area contributed by atoms with Crippen LogP contribution in [0.5, 0.6) is 0 Å². The van der Waals surface area contributed by atoms with E-state index in [2.05, 4.69) is 40.0 Å². The Hall–Kier alpha value is -0.670. The summed E-state index contributed by atoms with van der Waals surface area (Å²) in [5, 5.41) is 1.09. The molecule has 0 spiro atoms.